The Morgan fingerprint density at radius 3 is 3.14 bits per heavy atom. The Morgan fingerprint density at radius 1 is 1.50 bits per heavy atom. The Labute approximate surface area is 82.5 Å². The number of aryl methyl sites for hydroxylation is 1. The number of hydrogen-bond donors (Lipinski definition) is 2. The normalized spacial score (nSPS) is 10.9. The van der Waals surface area contributed by atoms with Crippen molar-refractivity contribution in [1.82, 2.24) is 15.2 Å². The third-order valence-corrected chi connectivity index (χ3v) is 2.38. The van der Waals surface area contributed by atoms with Crippen LogP contribution in [0.3, 0.4) is 0 Å². The molecule has 0 unspecified atom stereocenters. The Hall–Kier alpha value is -1.58. The number of aromatic nitrogens is 3. The van der Waals surface area contributed by atoms with Crippen LogP contribution in [0.15, 0.2) is 12.3 Å². The summed E-state index contributed by atoms with van der Waals surface area (Å²) in [5.41, 5.74) is 7.79. The molecule has 0 fully saturated rings. The maximum absolute atomic E-state index is 5.77. The van der Waals surface area contributed by atoms with Crippen molar-refractivity contribution >= 4 is 16.9 Å². The number of unbranched alkanes of at least 4 members (excludes halogenated alkanes) is 1. The molecule has 0 aliphatic rings. The fourth-order valence-electron chi connectivity index (χ4n) is 1.62. The molecule has 0 radical (unpaired) electrons. The van der Waals surface area contributed by atoms with Crippen molar-refractivity contribution in [2.24, 2.45) is 0 Å². The Balaban J connectivity index is 2.46. The molecule has 4 nitrogen and oxygen atoms in total. The molecule has 0 saturated heterocycles. The van der Waals surface area contributed by atoms with Gasteiger partial charge >= 0.3 is 0 Å². The number of H-pyrrole nitrogens is 1. The fraction of sp³-hybridized carbons (Fsp3) is 0.400. The maximum Gasteiger partial charge on any atom is 0.157 e. The molecule has 2 heterocycles. The molecule has 0 aliphatic heterocycles. The highest BCUT2D eigenvalue weighted by Crippen LogP contribution is 2.21. The first kappa shape index (κ1) is 8.99. The lowest BCUT2D eigenvalue weighted by Crippen LogP contribution is -1.91. The number of fused-ring (bicyclic) bond motifs is 1. The SMILES string of the molecule is CCCCc1ccnc2[nH]nc(N)c12. The van der Waals surface area contributed by atoms with E-state index in [1.165, 1.54) is 18.4 Å². The van der Waals surface area contributed by atoms with Gasteiger partial charge in [0.25, 0.3) is 0 Å². The number of aromatic amines is 1. The molecule has 0 atom stereocenters. The molecule has 2 aromatic rings. The average molecular weight is 190 g/mol. The first-order valence-electron chi connectivity index (χ1n) is 4.90. The molecule has 0 spiro atoms. The Morgan fingerprint density at radius 2 is 2.36 bits per heavy atom. The number of nitrogens with two attached hydrogens (primary N) is 1. The van der Waals surface area contributed by atoms with Crippen LogP contribution in [0.2, 0.25) is 0 Å². The molecule has 0 aromatic carbocycles. The minimum Gasteiger partial charge on any atom is -0.382 e. The second-order valence-electron chi connectivity index (χ2n) is 3.41. The highest BCUT2D eigenvalue weighted by Gasteiger charge is 2.07. The van der Waals surface area contributed by atoms with Crippen LogP contribution in [0, 0.1) is 0 Å². The summed E-state index contributed by atoms with van der Waals surface area (Å²) in [5.74, 6) is 0.555. The van der Waals surface area contributed by atoms with Gasteiger partial charge in [-0.1, -0.05) is 13.3 Å². The first-order valence-corrected chi connectivity index (χ1v) is 4.90. The zero-order valence-electron chi connectivity index (χ0n) is 8.25. The molecule has 0 aliphatic carbocycles. The maximum atomic E-state index is 5.77. The van der Waals surface area contributed by atoms with Crippen LogP contribution >= 0.6 is 0 Å². The summed E-state index contributed by atoms with van der Waals surface area (Å²) in [6.07, 6.45) is 5.19. The van der Waals surface area contributed by atoms with Crippen LogP contribution < -0.4 is 5.73 Å². The summed E-state index contributed by atoms with van der Waals surface area (Å²) < 4.78 is 0. The summed E-state index contributed by atoms with van der Waals surface area (Å²) in [7, 11) is 0. The average Bonchev–Trinajstić information content (AvgIpc) is 2.58. The van der Waals surface area contributed by atoms with Crippen LogP contribution in [-0.2, 0) is 6.42 Å². The Bertz CT molecular complexity index is 433. The van der Waals surface area contributed by atoms with E-state index in [0.717, 1.165) is 17.5 Å². The molecule has 3 N–H and O–H groups in total. The molecule has 4 heteroatoms. The standard InChI is InChI=1S/C10H14N4/c1-2-3-4-7-5-6-12-10-8(7)9(11)13-14-10/h5-6H,2-4H2,1H3,(H3,11,12,13,14). The molecule has 74 valence electrons. The molecular formula is C10H14N4. The van der Waals surface area contributed by atoms with Gasteiger partial charge in [0.15, 0.2) is 11.5 Å². The largest absolute Gasteiger partial charge is 0.382 e. The zero-order valence-corrected chi connectivity index (χ0v) is 8.25. The minimum atomic E-state index is 0.555. The molecule has 2 aromatic heterocycles. The van der Waals surface area contributed by atoms with Crippen molar-refractivity contribution in [3.8, 4) is 0 Å². The lowest BCUT2D eigenvalue weighted by Gasteiger charge is -2.01. The van der Waals surface area contributed by atoms with E-state index in [1.807, 2.05) is 6.07 Å². The van der Waals surface area contributed by atoms with Gasteiger partial charge in [-0.25, -0.2) is 4.98 Å². The molecule has 0 bridgehead atoms. The van der Waals surface area contributed by atoms with Crippen LogP contribution in [0.1, 0.15) is 25.3 Å². The van der Waals surface area contributed by atoms with Crippen molar-refractivity contribution in [2.45, 2.75) is 26.2 Å². The van der Waals surface area contributed by atoms with E-state index in [9.17, 15) is 0 Å². The van der Waals surface area contributed by atoms with Gasteiger partial charge < -0.3 is 5.73 Å². The summed E-state index contributed by atoms with van der Waals surface area (Å²) in [5, 5.41) is 7.76. The van der Waals surface area contributed by atoms with Gasteiger partial charge in [0.05, 0.1) is 5.39 Å². The monoisotopic (exact) mass is 190 g/mol. The highest BCUT2D eigenvalue weighted by molar-refractivity contribution is 5.88. The number of rotatable bonds is 3. The quantitative estimate of drug-likeness (QED) is 0.776. The number of nitrogens with one attached hydrogen (secondary N) is 1. The number of nitrogen functional groups attached to an aromatic ring is 1. The van der Waals surface area contributed by atoms with Crippen LogP contribution in [0.25, 0.3) is 11.0 Å². The zero-order chi connectivity index (χ0) is 9.97. The molecule has 2 rings (SSSR count). The molecule has 0 saturated carbocycles. The van der Waals surface area contributed by atoms with Gasteiger partial charge in [-0.15, -0.1) is 0 Å². The summed E-state index contributed by atoms with van der Waals surface area (Å²) >= 11 is 0. The molecular weight excluding hydrogens is 176 g/mol. The van der Waals surface area contributed by atoms with E-state index < -0.39 is 0 Å². The third-order valence-electron chi connectivity index (χ3n) is 2.38. The predicted molar refractivity (Wildman–Crippen MR) is 56.9 cm³/mol. The van der Waals surface area contributed by atoms with E-state index in [4.69, 9.17) is 5.73 Å². The number of pyridine rings is 1. The third kappa shape index (κ3) is 1.43. The predicted octanol–water partition coefficient (Wildman–Crippen LogP) is 1.88. The van der Waals surface area contributed by atoms with E-state index in [2.05, 4.69) is 22.1 Å². The lowest BCUT2D eigenvalue weighted by atomic mass is 10.1. The van der Waals surface area contributed by atoms with Gasteiger partial charge in [0.2, 0.25) is 0 Å². The highest BCUT2D eigenvalue weighted by atomic mass is 15.2. The topological polar surface area (TPSA) is 67.6 Å². The van der Waals surface area contributed by atoms with Gasteiger partial charge in [0, 0.05) is 6.20 Å². The fourth-order valence-corrected chi connectivity index (χ4v) is 1.62. The minimum absolute atomic E-state index is 0.555. The number of anilines is 1. The number of hydrogen-bond acceptors (Lipinski definition) is 3. The van der Waals surface area contributed by atoms with E-state index >= 15 is 0 Å². The van der Waals surface area contributed by atoms with Gasteiger partial charge in [-0.3, -0.25) is 5.10 Å². The van der Waals surface area contributed by atoms with Crippen molar-refractivity contribution in [3.05, 3.63) is 17.8 Å². The van der Waals surface area contributed by atoms with Gasteiger partial charge in [0.1, 0.15) is 0 Å². The Kier molecular flexibility index (Phi) is 2.35. The summed E-state index contributed by atoms with van der Waals surface area (Å²) in [6, 6.07) is 2.02. The van der Waals surface area contributed by atoms with Crippen molar-refractivity contribution in [3.63, 3.8) is 0 Å². The van der Waals surface area contributed by atoms with Crippen LogP contribution in [0.4, 0.5) is 5.82 Å². The molecule has 0 amide bonds. The second-order valence-corrected chi connectivity index (χ2v) is 3.41. The second kappa shape index (κ2) is 3.65. The van der Waals surface area contributed by atoms with Crippen LogP contribution in [-0.4, -0.2) is 15.2 Å². The molecule has 14 heavy (non-hydrogen) atoms. The smallest absolute Gasteiger partial charge is 0.157 e. The van der Waals surface area contributed by atoms with Crippen LogP contribution in [0.5, 0.6) is 0 Å². The summed E-state index contributed by atoms with van der Waals surface area (Å²) in [4.78, 5) is 4.17. The first-order chi connectivity index (χ1) is 6.83. The van der Waals surface area contributed by atoms with E-state index in [1.54, 1.807) is 6.20 Å². The lowest BCUT2D eigenvalue weighted by molar-refractivity contribution is 0.798. The van der Waals surface area contributed by atoms with Crippen molar-refractivity contribution in [1.29, 1.82) is 0 Å². The van der Waals surface area contributed by atoms with E-state index in [0.29, 0.717) is 5.82 Å². The van der Waals surface area contributed by atoms with Crippen molar-refractivity contribution < 1.29 is 0 Å². The summed E-state index contributed by atoms with van der Waals surface area (Å²) in [6.45, 7) is 2.18. The van der Waals surface area contributed by atoms with Gasteiger partial charge in [-0.05, 0) is 24.5 Å². The van der Waals surface area contributed by atoms with E-state index in [-0.39, 0.29) is 0 Å². The van der Waals surface area contributed by atoms with Gasteiger partial charge in [-0.2, -0.15) is 5.10 Å². The number of nitrogens with zero attached hydrogens (tertiary/aromatic N) is 2. The van der Waals surface area contributed by atoms with Crippen molar-refractivity contribution in [2.75, 3.05) is 5.73 Å².